The standard InChI is InChI=1S/C18H20Cl2N2O/c1-17(2)6-5-13(9-12-3-4-14(19)10-15(12)20)18(17,23)11-16-21-7-8-22-16/h3-4,7-10,23H,5-6,11H2,1-2H3,(H,21,22)/b13-9-. The predicted octanol–water partition coefficient (Wildman–Crippen LogP) is 4.89. The lowest BCUT2D eigenvalue weighted by molar-refractivity contribution is -0.0139. The van der Waals surface area contributed by atoms with E-state index in [0.717, 1.165) is 29.8 Å². The van der Waals surface area contributed by atoms with E-state index in [4.69, 9.17) is 23.2 Å². The minimum Gasteiger partial charge on any atom is -0.384 e. The first-order valence-electron chi connectivity index (χ1n) is 7.68. The quantitative estimate of drug-likeness (QED) is 0.827. The Labute approximate surface area is 146 Å². The van der Waals surface area contributed by atoms with Gasteiger partial charge in [0, 0.05) is 28.9 Å². The van der Waals surface area contributed by atoms with Crippen LogP contribution in [0.4, 0.5) is 0 Å². The van der Waals surface area contributed by atoms with Crippen molar-refractivity contribution in [2.24, 2.45) is 5.41 Å². The molecule has 1 heterocycles. The van der Waals surface area contributed by atoms with E-state index < -0.39 is 5.60 Å². The van der Waals surface area contributed by atoms with Crippen LogP contribution in [0.3, 0.4) is 0 Å². The molecule has 1 aromatic carbocycles. The average molecular weight is 351 g/mol. The van der Waals surface area contributed by atoms with Crippen molar-refractivity contribution in [1.82, 2.24) is 9.97 Å². The molecule has 3 rings (SSSR count). The summed E-state index contributed by atoms with van der Waals surface area (Å²) in [5, 5.41) is 12.7. The molecule has 1 fully saturated rings. The van der Waals surface area contributed by atoms with E-state index in [0.29, 0.717) is 16.5 Å². The monoisotopic (exact) mass is 350 g/mol. The zero-order chi connectivity index (χ0) is 16.7. The van der Waals surface area contributed by atoms with Crippen molar-refractivity contribution in [3.8, 4) is 0 Å². The molecule has 122 valence electrons. The molecule has 0 radical (unpaired) electrons. The van der Waals surface area contributed by atoms with Crippen LogP contribution in [0.15, 0.2) is 36.2 Å². The molecule has 0 amide bonds. The summed E-state index contributed by atoms with van der Waals surface area (Å²) in [4.78, 5) is 7.36. The van der Waals surface area contributed by atoms with Gasteiger partial charge < -0.3 is 10.1 Å². The Balaban J connectivity index is 2.01. The van der Waals surface area contributed by atoms with Crippen LogP contribution in [0, 0.1) is 5.41 Å². The SMILES string of the molecule is CC1(C)CC/C(=C/c2ccc(Cl)cc2Cl)C1(O)Cc1ncc[nH]1. The average Bonchev–Trinajstić information content (AvgIpc) is 3.04. The molecule has 23 heavy (non-hydrogen) atoms. The van der Waals surface area contributed by atoms with Crippen LogP contribution < -0.4 is 0 Å². The summed E-state index contributed by atoms with van der Waals surface area (Å²) in [6.45, 7) is 4.19. The number of hydrogen-bond acceptors (Lipinski definition) is 2. The summed E-state index contributed by atoms with van der Waals surface area (Å²) in [6, 6.07) is 5.42. The van der Waals surface area contributed by atoms with E-state index in [9.17, 15) is 5.11 Å². The maximum absolute atomic E-state index is 11.5. The largest absolute Gasteiger partial charge is 0.384 e. The fourth-order valence-corrected chi connectivity index (χ4v) is 3.75. The highest BCUT2D eigenvalue weighted by atomic mass is 35.5. The molecule has 0 spiro atoms. The minimum absolute atomic E-state index is 0.232. The maximum Gasteiger partial charge on any atom is 0.109 e. The predicted molar refractivity (Wildman–Crippen MR) is 94.7 cm³/mol. The Bertz CT molecular complexity index is 737. The van der Waals surface area contributed by atoms with E-state index in [-0.39, 0.29) is 5.41 Å². The summed E-state index contributed by atoms with van der Waals surface area (Å²) < 4.78 is 0. The van der Waals surface area contributed by atoms with Gasteiger partial charge in [0.1, 0.15) is 5.82 Å². The van der Waals surface area contributed by atoms with Gasteiger partial charge in [0.15, 0.2) is 0 Å². The zero-order valence-electron chi connectivity index (χ0n) is 13.2. The van der Waals surface area contributed by atoms with E-state index in [1.54, 1.807) is 18.5 Å². The number of aliphatic hydroxyl groups is 1. The zero-order valence-corrected chi connectivity index (χ0v) is 14.7. The topological polar surface area (TPSA) is 48.9 Å². The van der Waals surface area contributed by atoms with Gasteiger partial charge in [0.2, 0.25) is 0 Å². The smallest absolute Gasteiger partial charge is 0.109 e. The third-order valence-electron chi connectivity index (χ3n) is 4.94. The number of imidazole rings is 1. The van der Waals surface area contributed by atoms with Gasteiger partial charge in [-0.1, -0.05) is 49.2 Å². The van der Waals surface area contributed by atoms with Gasteiger partial charge in [-0.15, -0.1) is 0 Å². The van der Waals surface area contributed by atoms with E-state index in [1.807, 2.05) is 18.2 Å². The lowest BCUT2D eigenvalue weighted by Crippen LogP contribution is -2.43. The highest BCUT2D eigenvalue weighted by Crippen LogP contribution is 2.51. The van der Waals surface area contributed by atoms with Crippen molar-refractivity contribution < 1.29 is 5.11 Å². The molecule has 1 aliphatic rings. The second-order valence-electron chi connectivity index (χ2n) is 6.79. The second kappa shape index (κ2) is 5.97. The number of nitrogens with one attached hydrogen (secondary N) is 1. The fourth-order valence-electron chi connectivity index (χ4n) is 3.28. The molecule has 0 saturated heterocycles. The first-order valence-corrected chi connectivity index (χ1v) is 8.44. The highest BCUT2D eigenvalue weighted by Gasteiger charge is 2.51. The molecule has 0 aliphatic heterocycles. The number of aromatic nitrogens is 2. The third-order valence-corrected chi connectivity index (χ3v) is 5.50. The van der Waals surface area contributed by atoms with Crippen LogP contribution in [-0.4, -0.2) is 20.7 Å². The van der Waals surface area contributed by atoms with Gasteiger partial charge in [0.05, 0.1) is 5.60 Å². The molecule has 2 N–H and O–H groups in total. The first-order chi connectivity index (χ1) is 10.8. The Hall–Kier alpha value is -1.29. The van der Waals surface area contributed by atoms with Gasteiger partial charge in [-0.2, -0.15) is 0 Å². The van der Waals surface area contributed by atoms with E-state index >= 15 is 0 Å². The number of halogens is 2. The number of nitrogens with zero attached hydrogens (tertiary/aromatic N) is 1. The Morgan fingerprint density at radius 2 is 2.13 bits per heavy atom. The molecule has 1 unspecified atom stereocenters. The number of benzene rings is 1. The second-order valence-corrected chi connectivity index (χ2v) is 7.64. The molecule has 2 aromatic rings. The number of hydrogen-bond donors (Lipinski definition) is 2. The number of aromatic amines is 1. The van der Waals surface area contributed by atoms with Gasteiger partial charge in [-0.25, -0.2) is 4.98 Å². The van der Waals surface area contributed by atoms with Crippen molar-refractivity contribution in [1.29, 1.82) is 0 Å². The molecular weight excluding hydrogens is 331 g/mol. The normalized spacial score (nSPS) is 25.2. The molecular formula is C18H20Cl2N2O. The molecule has 0 bridgehead atoms. The van der Waals surface area contributed by atoms with Crippen LogP contribution in [-0.2, 0) is 6.42 Å². The molecule has 5 heteroatoms. The molecule has 1 aromatic heterocycles. The molecule has 1 atom stereocenters. The van der Waals surface area contributed by atoms with E-state index in [1.165, 1.54) is 0 Å². The van der Waals surface area contributed by atoms with Crippen molar-refractivity contribution in [3.05, 3.63) is 57.6 Å². The summed E-state index contributed by atoms with van der Waals surface area (Å²) >= 11 is 12.2. The van der Waals surface area contributed by atoms with Crippen LogP contribution in [0.1, 0.15) is 38.1 Å². The highest BCUT2D eigenvalue weighted by molar-refractivity contribution is 6.35. The summed E-state index contributed by atoms with van der Waals surface area (Å²) in [5.74, 6) is 0.788. The van der Waals surface area contributed by atoms with Crippen LogP contribution >= 0.6 is 23.2 Å². The van der Waals surface area contributed by atoms with Crippen LogP contribution in [0.5, 0.6) is 0 Å². The number of rotatable bonds is 3. The fraction of sp³-hybridized carbons (Fsp3) is 0.389. The number of H-pyrrole nitrogens is 1. The van der Waals surface area contributed by atoms with Crippen molar-refractivity contribution >= 4 is 29.3 Å². The van der Waals surface area contributed by atoms with E-state index in [2.05, 4.69) is 23.8 Å². The molecule has 3 nitrogen and oxygen atoms in total. The molecule has 1 saturated carbocycles. The lowest BCUT2D eigenvalue weighted by atomic mass is 9.74. The van der Waals surface area contributed by atoms with Gasteiger partial charge >= 0.3 is 0 Å². The first kappa shape index (κ1) is 16.6. The van der Waals surface area contributed by atoms with Gasteiger partial charge in [0.25, 0.3) is 0 Å². The third kappa shape index (κ3) is 3.06. The molecule has 1 aliphatic carbocycles. The minimum atomic E-state index is -0.951. The maximum atomic E-state index is 11.5. The Morgan fingerprint density at radius 3 is 2.78 bits per heavy atom. The summed E-state index contributed by atoms with van der Waals surface area (Å²) in [6.07, 6.45) is 7.70. The van der Waals surface area contributed by atoms with Crippen molar-refractivity contribution in [2.75, 3.05) is 0 Å². The van der Waals surface area contributed by atoms with Crippen LogP contribution in [0.25, 0.3) is 6.08 Å². The Morgan fingerprint density at radius 1 is 1.35 bits per heavy atom. The van der Waals surface area contributed by atoms with Gasteiger partial charge in [-0.3, -0.25) is 0 Å². The van der Waals surface area contributed by atoms with Crippen LogP contribution in [0.2, 0.25) is 10.0 Å². The van der Waals surface area contributed by atoms with Crippen molar-refractivity contribution in [2.45, 2.75) is 38.7 Å². The summed E-state index contributed by atoms with van der Waals surface area (Å²) in [5.41, 5.74) is 0.683. The van der Waals surface area contributed by atoms with Crippen molar-refractivity contribution in [3.63, 3.8) is 0 Å². The Kier molecular flexibility index (Phi) is 4.30. The lowest BCUT2D eigenvalue weighted by Gasteiger charge is -2.37. The summed E-state index contributed by atoms with van der Waals surface area (Å²) in [7, 11) is 0. The van der Waals surface area contributed by atoms with Gasteiger partial charge in [-0.05, 0) is 41.5 Å².